The molecular formula is C17H22FN3O2S. The Morgan fingerprint density at radius 2 is 2.25 bits per heavy atom. The van der Waals surface area contributed by atoms with Gasteiger partial charge in [-0.05, 0) is 57.7 Å². The summed E-state index contributed by atoms with van der Waals surface area (Å²) in [5.41, 5.74) is 5.65. The number of hydrogen-bond donors (Lipinski definition) is 2. The smallest absolute Gasteiger partial charge is 0.413 e. The molecule has 0 radical (unpaired) electrons. The lowest BCUT2D eigenvalue weighted by atomic mass is 10.0. The standard InChI is InChI=1S/C17H22FN3O2S/c1-16(2,3)23-15(22)20-14-21-17(9-10(17)6-7-24-14)12-8-11(19)4-5-13(12)18/h4-5,8,10H,6-7,9,19H2,1-3H3,(H,20,21,22)/t10-,17+/m1/s1. The van der Waals surface area contributed by atoms with Gasteiger partial charge in [0, 0.05) is 17.0 Å². The summed E-state index contributed by atoms with van der Waals surface area (Å²) in [6.07, 6.45) is 1.14. The largest absolute Gasteiger partial charge is 0.444 e. The quantitative estimate of drug-likeness (QED) is 0.757. The Bertz CT molecular complexity index is 702. The number of anilines is 1. The zero-order chi connectivity index (χ0) is 17.5. The van der Waals surface area contributed by atoms with Gasteiger partial charge in [0.2, 0.25) is 0 Å². The molecule has 2 atom stereocenters. The number of benzene rings is 1. The lowest BCUT2D eigenvalue weighted by Crippen LogP contribution is -2.35. The van der Waals surface area contributed by atoms with E-state index in [1.807, 2.05) is 0 Å². The Balaban J connectivity index is 1.86. The van der Waals surface area contributed by atoms with Crippen LogP contribution in [0.1, 0.15) is 39.2 Å². The van der Waals surface area contributed by atoms with Gasteiger partial charge >= 0.3 is 6.09 Å². The number of rotatable bonds is 1. The van der Waals surface area contributed by atoms with Gasteiger partial charge in [-0.1, -0.05) is 11.8 Å². The highest BCUT2D eigenvalue weighted by atomic mass is 32.2. The van der Waals surface area contributed by atoms with E-state index < -0.39 is 17.2 Å². The maximum absolute atomic E-state index is 14.3. The first-order valence-corrected chi connectivity index (χ1v) is 8.96. The Kier molecular flexibility index (Phi) is 4.23. The fraction of sp³-hybridized carbons (Fsp3) is 0.529. The van der Waals surface area contributed by atoms with Gasteiger partial charge in [-0.3, -0.25) is 10.3 Å². The summed E-state index contributed by atoms with van der Waals surface area (Å²) < 4.78 is 19.6. The van der Waals surface area contributed by atoms with Gasteiger partial charge < -0.3 is 10.5 Å². The van der Waals surface area contributed by atoms with Gasteiger partial charge in [-0.15, -0.1) is 0 Å². The molecule has 1 heterocycles. The third-order valence-electron chi connectivity index (χ3n) is 4.14. The maximum atomic E-state index is 14.3. The van der Waals surface area contributed by atoms with Crippen molar-refractivity contribution in [1.82, 2.24) is 5.32 Å². The van der Waals surface area contributed by atoms with Crippen LogP contribution in [0.3, 0.4) is 0 Å². The fourth-order valence-electron chi connectivity index (χ4n) is 3.03. The lowest BCUT2D eigenvalue weighted by Gasteiger charge is -2.20. The van der Waals surface area contributed by atoms with Crippen LogP contribution in [0, 0.1) is 11.7 Å². The molecule has 24 heavy (non-hydrogen) atoms. The maximum Gasteiger partial charge on any atom is 0.413 e. The Morgan fingerprint density at radius 3 is 2.96 bits per heavy atom. The number of halogens is 1. The van der Waals surface area contributed by atoms with E-state index in [0.717, 1.165) is 18.6 Å². The van der Waals surface area contributed by atoms with Crippen molar-refractivity contribution in [2.45, 2.75) is 44.8 Å². The number of carbonyl (C=O) groups excluding carboxylic acids is 1. The molecule has 0 bridgehead atoms. The van der Waals surface area contributed by atoms with Crippen LogP contribution in [-0.2, 0) is 10.3 Å². The van der Waals surface area contributed by atoms with Crippen LogP contribution >= 0.6 is 11.8 Å². The molecule has 1 aliphatic heterocycles. The normalized spacial score (nSPS) is 26.0. The van der Waals surface area contributed by atoms with Gasteiger partial charge in [0.1, 0.15) is 11.4 Å². The molecule has 0 spiro atoms. The predicted molar refractivity (Wildman–Crippen MR) is 94.5 cm³/mol. The first-order chi connectivity index (χ1) is 11.2. The van der Waals surface area contributed by atoms with Gasteiger partial charge in [-0.25, -0.2) is 9.18 Å². The Morgan fingerprint density at radius 1 is 1.50 bits per heavy atom. The molecule has 3 rings (SSSR count). The predicted octanol–water partition coefficient (Wildman–Crippen LogP) is 3.64. The molecule has 1 aliphatic carbocycles. The van der Waals surface area contributed by atoms with E-state index in [-0.39, 0.29) is 11.7 Å². The van der Waals surface area contributed by atoms with Crippen LogP contribution < -0.4 is 11.1 Å². The minimum Gasteiger partial charge on any atom is -0.444 e. The Labute approximate surface area is 145 Å². The zero-order valence-corrected chi connectivity index (χ0v) is 14.9. The van der Waals surface area contributed by atoms with E-state index >= 15 is 0 Å². The summed E-state index contributed by atoms with van der Waals surface area (Å²) in [5, 5.41) is 3.18. The number of hydrogen-bond acceptors (Lipinski definition) is 5. The van der Waals surface area contributed by atoms with Crippen LogP contribution in [0.4, 0.5) is 14.9 Å². The highest BCUT2D eigenvalue weighted by Gasteiger charge is 2.57. The Hall–Kier alpha value is -1.76. The first-order valence-electron chi connectivity index (χ1n) is 7.98. The van der Waals surface area contributed by atoms with E-state index in [1.165, 1.54) is 17.8 Å². The summed E-state index contributed by atoms with van der Waals surface area (Å²) in [6, 6.07) is 4.57. The van der Waals surface area contributed by atoms with Crippen molar-refractivity contribution in [2.75, 3.05) is 11.5 Å². The van der Waals surface area contributed by atoms with E-state index in [9.17, 15) is 9.18 Å². The van der Waals surface area contributed by atoms with Crippen LogP contribution in [0.15, 0.2) is 23.2 Å². The summed E-state index contributed by atoms with van der Waals surface area (Å²) in [5.74, 6) is 0.795. The van der Waals surface area contributed by atoms with E-state index in [4.69, 9.17) is 15.5 Å². The fourth-order valence-corrected chi connectivity index (χ4v) is 4.00. The van der Waals surface area contributed by atoms with Crippen LogP contribution in [0.25, 0.3) is 0 Å². The molecule has 3 N–H and O–H groups in total. The van der Waals surface area contributed by atoms with Crippen molar-refractivity contribution < 1.29 is 13.9 Å². The van der Waals surface area contributed by atoms with Crippen molar-refractivity contribution >= 4 is 28.7 Å². The molecule has 0 aromatic heterocycles. The number of amidine groups is 1. The second kappa shape index (κ2) is 5.95. The average molecular weight is 351 g/mol. The number of nitrogens with zero attached hydrogens (tertiary/aromatic N) is 1. The van der Waals surface area contributed by atoms with Crippen molar-refractivity contribution in [3.05, 3.63) is 29.6 Å². The monoisotopic (exact) mass is 351 g/mol. The molecule has 7 heteroatoms. The third kappa shape index (κ3) is 3.50. The van der Waals surface area contributed by atoms with Crippen molar-refractivity contribution in [3.63, 3.8) is 0 Å². The van der Waals surface area contributed by atoms with Gasteiger partial charge in [0.05, 0.1) is 5.54 Å². The van der Waals surface area contributed by atoms with Crippen molar-refractivity contribution in [3.8, 4) is 0 Å². The second-order valence-corrected chi connectivity index (χ2v) is 8.33. The molecule has 130 valence electrons. The first kappa shape index (κ1) is 17.1. The summed E-state index contributed by atoms with van der Waals surface area (Å²) in [4.78, 5) is 16.7. The number of nitrogen functional groups attached to an aromatic ring is 1. The van der Waals surface area contributed by atoms with E-state index in [2.05, 4.69) is 5.32 Å². The van der Waals surface area contributed by atoms with Gasteiger partial charge in [0.15, 0.2) is 5.17 Å². The number of ether oxygens (including phenoxy) is 1. The molecule has 1 fully saturated rings. The average Bonchev–Trinajstić information content (AvgIpc) is 3.14. The number of aliphatic imine (C=N–C) groups is 1. The SMILES string of the molecule is CC(C)(C)OC(=O)NC1=N[C@@]2(c3cc(N)ccc3F)C[C@H]2CCS1. The minimum absolute atomic E-state index is 0.277. The molecular weight excluding hydrogens is 329 g/mol. The van der Waals surface area contributed by atoms with Crippen LogP contribution in [-0.4, -0.2) is 22.6 Å². The molecule has 0 unspecified atom stereocenters. The highest BCUT2D eigenvalue weighted by molar-refractivity contribution is 8.13. The van der Waals surface area contributed by atoms with Crippen molar-refractivity contribution in [2.24, 2.45) is 10.9 Å². The number of fused-ring (bicyclic) bond motifs is 1. The third-order valence-corrected chi connectivity index (χ3v) is 5.05. The molecule has 0 saturated heterocycles. The van der Waals surface area contributed by atoms with Gasteiger partial charge in [-0.2, -0.15) is 0 Å². The number of nitrogens with two attached hydrogens (primary N) is 1. The minimum atomic E-state index is -0.618. The summed E-state index contributed by atoms with van der Waals surface area (Å²) >= 11 is 1.46. The number of carbonyl (C=O) groups is 1. The molecule has 1 aromatic carbocycles. The number of amides is 1. The number of thioether (sulfide) groups is 1. The summed E-state index contributed by atoms with van der Waals surface area (Å²) in [7, 11) is 0. The van der Waals surface area contributed by atoms with E-state index in [1.54, 1.807) is 32.9 Å². The molecule has 1 saturated carbocycles. The van der Waals surface area contributed by atoms with Crippen LogP contribution in [0.2, 0.25) is 0 Å². The van der Waals surface area contributed by atoms with Gasteiger partial charge in [0.25, 0.3) is 0 Å². The molecule has 1 aromatic rings. The lowest BCUT2D eigenvalue weighted by molar-refractivity contribution is 0.0564. The van der Waals surface area contributed by atoms with E-state index in [0.29, 0.717) is 16.4 Å². The molecule has 5 nitrogen and oxygen atoms in total. The van der Waals surface area contributed by atoms with Crippen LogP contribution in [0.5, 0.6) is 0 Å². The molecule has 1 amide bonds. The van der Waals surface area contributed by atoms with Crippen molar-refractivity contribution in [1.29, 1.82) is 0 Å². The topological polar surface area (TPSA) is 76.7 Å². The highest BCUT2D eigenvalue weighted by Crippen LogP contribution is 2.59. The number of nitrogens with one attached hydrogen (secondary N) is 1. The summed E-state index contributed by atoms with van der Waals surface area (Å²) in [6.45, 7) is 5.40. The number of alkyl carbamates (subject to hydrolysis) is 1. The zero-order valence-electron chi connectivity index (χ0n) is 14.1. The molecule has 2 aliphatic rings. The second-order valence-electron chi connectivity index (χ2n) is 7.25.